The van der Waals surface area contributed by atoms with Crippen molar-refractivity contribution >= 4 is 46.3 Å². The zero-order valence-corrected chi connectivity index (χ0v) is 19.3. The Morgan fingerprint density at radius 1 is 1.13 bits per heavy atom. The van der Waals surface area contributed by atoms with Crippen LogP contribution in [0.5, 0.6) is 17.2 Å². The van der Waals surface area contributed by atoms with E-state index < -0.39 is 0 Å². The second-order valence-corrected chi connectivity index (χ2v) is 8.15. The predicted molar refractivity (Wildman–Crippen MR) is 121 cm³/mol. The number of hydrogen-bond donors (Lipinski definition) is 0. The molecule has 0 N–H and O–H groups in total. The van der Waals surface area contributed by atoms with Crippen molar-refractivity contribution in [3.63, 3.8) is 0 Å². The first kappa shape index (κ1) is 24.0. The van der Waals surface area contributed by atoms with E-state index in [1.54, 1.807) is 18.2 Å². The minimum atomic E-state index is -0.325. The molecule has 0 atom stereocenters. The number of esters is 1. The Hall–Kier alpha value is -2.26. The Morgan fingerprint density at radius 3 is 2.37 bits per heavy atom. The van der Waals surface area contributed by atoms with Crippen molar-refractivity contribution in [2.24, 2.45) is 0 Å². The molecule has 30 heavy (non-hydrogen) atoms. The summed E-state index contributed by atoms with van der Waals surface area (Å²) in [6, 6.07) is 3.50. The smallest absolute Gasteiger partial charge is 0.307 e. The Kier molecular flexibility index (Phi) is 9.45. The molecule has 0 spiro atoms. The topological polar surface area (TPSA) is 74.3 Å². The van der Waals surface area contributed by atoms with Gasteiger partial charge in [0.1, 0.15) is 4.32 Å². The van der Waals surface area contributed by atoms with Crippen molar-refractivity contribution in [2.45, 2.75) is 32.6 Å². The highest BCUT2D eigenvalue weighted by atomic mass is 32.2. The normalized spacial score (nSPS) is 14.9. The number of carbonyl (C=O) groups excluding carboxylic acids is 2. The molecule has 1 aromatic rings. The zero-order chi connectivity index (χ0) is 22.1. The molecular weight excluding hydrogens is 426 g/mol. The van der Waals surface area contributed by atoms with Gasteiger partial charge in [0.25, 0.3) is 5.91 Å². The molecule has 7 nitrogen and oxygen atoms in total. The fraction of sp³-hybridized carbons (Fsp3) is 0.476. The van der Waals surface area contributed by atoms with Gasteiger partial charge in [-0.1, -0.05) is 43.7 Å². The number of unbranched alkanes of at least 4 members (excludes halogenated alkanes) is 2. The van der Waals surface area contributed by atoms with E-state index in [0.29, 0.717) is 38.6 Å². The van der Waals surface area contributed by atoms with Crippen molar-refractivity contribution in [3.05, 3.63) is 22.6 Å². The summed E-state index contributed by atoms with van der Waals surface area (Å²) in [4.78, 5) is 26.6. The minimum absolute atomic E-state index is 0.107. The minimum Gasteiger partial charge on any atom is -0.493 e. The van der Waals surface area contributed by atoms with Crippen LogP contribution >= 0.6 is 24.0 Å². The van der Waals surface area contributed by atoms with Crippen molar-refractivity contribution in [1.82, 2.24) is 4.90 Å². The van der Waals surface area contributed by atoms with Gasteiger partial charge in [-0.3, -0.25) is 14.5 Å². The van der Waals surface area contributed by atoms with Crippen LogP contribution in [-0.4, -0.2) is 55.6 Å². The van der Waals surface area contributed by atoms with Crippen molar-refractivity contribution < 1.29 is 28.5 Å². The lowest BCUT2D eigenvalue weighted by Crippen LogP contribution is -2.30. The largest absolute Gasteiger partial charge is 0.493 e. The first-order chi connectivity index (χ1) is 14.4. The number of thioether (sulfide) groups is 1. The molecule has 0 radical (unpaired) electrons. The number of ether oxygens (including phenoxy) is 4. The van der Waals surface area contributed by atoms with Crippen LogP contribution in [0, 0.1) is 0 Å². The van der Waals surface area contributed by atoms with Crippen LogP contribution in [0.15, 0.2) is 17.0 Å². The second-order valence-electron chi connectivity index (χ2n) is 6.47. The average Bonchev–Trinajstić information content (AvgIpc) is 3.01. The van der Waals surface area contributed by atoms with Crippen LogP contribution in [0.3, 0.4) is 0 Å². The molecule has 0 aliphatic carbocycles. The summed E-state index contributed by atoms with van der Waals surface area (Å²) in [5.41, 5.74) is 0.709. The number of hydrogen-bond acceptors (Lipinski definition) is 8. The molecular formula is C21H27NO6S2. The van der Waals surface area contributed by atoms with Crippen LogP contribution in [0.1, 0.15) is 38.2 Å². The third-order valence-electron chi connectivity index (χ3n) is 4.41. The Labute approximate surface area is 186 Å². The van der Waals surface area contributed by atoms with Gasteiger partial charge in [-0.15, -0.1) is 0 Å². The summed E-state index contributed by atoms with van der Waals surface area (Å²) in [5, 5.41) is 0. The van der Waals surface area contributed by atoms with Crippen molar-refractivity contribution in [2.75, 3.05) is 34.5 Å². The van der Waals surface area contributed by atoms with E-state index in [9.17, 15) is 9.59 Å². The number of methoxy groups -OCH3 is 3. The molecule has 0 aromatic heterocycles. The predicted octanol–water partition coefficient (Wildman–Crippen LogP) is 4.04. The van der Waals surface area contributed by atoms with Gasteiger partial charge < -0.3 is 18.9 Å². The molecule has 164 valence electrons. The Morgan fingerprint density at radius 2 is 1.80 bits per heavy atom. The van der Waals surface area contributed by atoms with Crippen LogP contribution in [-0.2, 0) is 14.3 Å². The molecule has 1 aliphatic heterocycles. The maximum atomic E-state index is 12.8. The summed E-state index contributed by atoms with van der Waals surface area (Å²) in [6.07, 6.45) is 4.75. The van der Waals surface area contributed by atoms with E-state index >= 15 is 0 Å². The molecule has 0 unspecified atom stereocenters. The van der Waals surface area contributed by atoms with Crippen molar-refractivity contribution in [1.29, 1.82) is 0 Å². The van der Waals surface area contributed by atoms with Crippen LogP contribution in [0.2, 0.25) is 0 Å². The highest BCUT2D eigenvalue weighted by molar-refractivity contribution is 8.26. The lowest BCUT2D eigenvalue weighted by molar-refractivity contribution is -0.144. The van der Waals surface area contributed by atoms with E-state index in [4.69, 9.17) is 31.2 Å². The fourth-order valence-corrected chi connectivity index (χ4v) is 4.15. The first-order valence-corrected chi connectivity index (χ1v) is 10.9. The quantitative estimate of drug-likeness (QED) is 0.215. The molecule has 1 heterocycles. The molecule has 1 aromatic carbocycles. The molecule has 1 saturated heterocycles. The van der Waals surface area contributed by atoms with Gasteiger partial charge in [0.05, 0.1) is 39.3 Å². The van der Waals surface area contributed by atoms with Gasteiger partial charge in [0.2, 0.25) is 5.75 Å². The number of thiocarbonyl (C=S) groups is 1. The standard InChI is InChI=1S/C21H27NO6S2/c1-5-6-7-10-28-18(23)8-9-22-20(24)17(30-21(22)29)13-14-11-15(25-2)19(27-4)16(12-14)26-3/h11-13H,5-10H2,1-4H3/b17-13-. The van der Waals surface area contributed by atoms with Gasteiger partial charge in [0.15, 0.2) is 11.5 Å². The van der Waals surface area contributed by atoms with Gasteiger partial charge in [0, 0.05) is 6.54 Å². The molecule has 1 aliphatic rings. The lowest BCUT2D eigenvalue weighted by Gasteiger charge is -2.14. The fourth-order valence-electron chi connectivity index (χ4n) is 2.84. The van der Waals surface area contributed by atoms with Crippen molar-refractivity contribution in [3.8, 4) is 17.2 Å². The van der Waals surface area contributed by atoms with Gasteiger partial charge >= 0.3 is 5.97 Å². The maximum absolute atomic E-state index is 12.8. The molecule has 1 fully saturated rings. The molecule has 0 bridgehead atoms. The summed E-state index contributed by atoms with van der Waals surface area (Å²) in [5.74, 6) is 0.891. The third kappa shape index (κ3) is 6.12. The van der Waals surface area contributed by atoms with Gasteiger partial charge in [-0.2, -0.15) is 0 Å². The maximum Gasteiger partial charge on any atom is 0.307 e. The number of nitrogens with zero attached hydrogens (tertiary/aromatic N) is 1. The van der Waals surface area contributed by atoms with E-state index in [1.807, 2.05) is 0 Å². The highest BCUT2D eigenvalue weighted by Crippen LogP contribution is 2.40. The zero-order valence-electron chi connectivity index (χ0n) is 17.7. The van der Waals surface area contributed by atoms with Gasteiger partial charge in [-0.05, 0) is 30.2 Å². The van der Waals surface area contributed by atoms with Crippen LogP contribution in [0.4, 0.5) is 0 Å². The third-order valence-corrected chi connectivity index (χ3v) is 5.79. The monoisotopic (exact) mass is 453 g/mol. The molecule has 2 rings (SSSR count). The number of carbonyl (C=O) groups is 2. The van der Waals surface area contributed by atoms with E-state index in [-0.39, 0.29) is 24.8 Å². The molecule has 0 saturated carbocycles. The highest BCUT2D eigenvalue weighted by Gasteiger charge is 2.32. The molecule has 1 amide bonds. The van der Waals surface area contributed by atoms with Crippen LogP contribution < -0.4 is 14.2 Å². The summed E-state index contributed by atoms with van der Waals surface area (Å²) >= 11 is 6.52. The summed E-state index contributed by atoms with van der Waals surface area (Å²) < 4.78 is 21.6. The second kappa shape index (κ2) is 11.8. The van der Waals surface area contributed by atoms with Crippen LogP contribution in [0.25, 0.3) is 6.08 Å². The first-order valence-electron chi connectivity index (χ1n) is 9.66. The number of rotatable bonds is 11. The molecule has 9 heteroatoms. The van der Waals surface area contributed by atoms with E-state index in [2.05, 4.69) is 6.92 Å². The SMILES string of the molecule is CCCCCOC(=O)CCN1C(=O)/C(=C/c2cc(OC)c(OC)c(OC)c2)SC1=S. The van der Waals surface area contributed by atoms with Gasteiger partial charge in [-0.25, -0.2) is 0 Å². The Balaban J connectivity index is 2.07. The summed E-state index contributed by atoms with van der Waals surface area (Å²) in [7, 11) is 4.59. The number of benzene rings is 1. The van der Waals surface area contributed by atoms with E-state index in [1.165, 1.54) is 38.0 Å². The summed E-state index contributed by atoms with van der Waals surface area (Å²) in [6.45, 7) is 2.69. The van der Waals surface area contributed by atoms with E-state index in [0.717, 1.165) is 19.3 Å². The Bertz CT molecular complexity index is 799. The lowest BCUT2D eigenvalue weighted by atomic mass is 10.1. The number of amides is 1. The average molecular weight is 454 g/mol.